The summed E-state index contributed by atoms with van der Waals surface area (Å²) < 4.78 is 11.6. The second-order valence-corrected chi connectivity index (χ2v) is 8.63. The van der Waals surface area contributed by atoms with Crippen LogP contribution >= 0.6 is 27.5 Å². The van der Waals surface area contributed by atoms with Crippen molar-refractivity contribution in [3.63, 3.8) is 0 Å². The highest BCUT2D eigenvalue weighted by molar-refractivity contribution is 9.10. The second-order valence-electron chi connectivity index (χ2n) is 7.34. The molecular weight excluding hydrogens is 538 g/mol. The van der Waals surface area contributed by atoms with E-state index in [0.717, 1.165) is 0 Å². The Hall–Kier alpha value is -3.82. The molecule has 1 aliphatic rings. The topological polar surface area (TPSA) is 97.0 Å². The van der Waals surface area contributed by atoms with Gasteiger partial charge in [-0.25, -0.2) is 5.01 Å². The second kappa shape index (κ2) is 10.6. The Morgan fingerprint density at radius 1 is 1.09 bits per heavy atom. The zero-order chi connectivity index (χ0) is 24.9. The van der Waals surface area contributed by atoms with Crippen LogP contribution in [0.1, 0.15) is 5.56 Å². The van der Waals surface area contributed by atoms with Gasteiger partial charge in [0.1, 0.15) is 5.57 Å². The molecule has 10 heteroatoms. The molecule has 0 aromatic heterocycles. The van der Waals surface area contributed by atoms with E-state index in [1.165, 1.54) is 18.2 Å². The molecule has 3 aromatic rings. The van der Waals surface area contributed by atoms with E-state index >= 15 is 0 Å². The van der Waals surface area contributed by atoms with E-state index in [-0.39, 0.29) is 18.1 Å². The number of halogens is 2. The molecule has 0 radical (unpaired) electrons. The van der Waals surface area contributed by atoms with Gasteiger partial charge in [-0.2, -0.15) is 0 Å². The van der Waals surface area contributed by atoms with Crippen LogP contribution in [0.15, 0.2) is 76.8 Å². The van der Waals surface area contributed by atoms with Gasteiger partial charge in [0.05, 0.1) is 12.8 Å². The smallest absolute Gasteiger partial charge is 0.282 e. The third kappa shape index (κ3) is 5.64. The first-order valence-electron chi connectivity index (χ1n) is 10.3. The summed E-state index contributed by atoms with van der Waals surface area (Å²) in [7, 11) is 1.45. The van der Waals surface area contributed by atoms with Gasteiger partial charge in [0.2, 0.25) is 0 Å². The molecule has 0 bridgehead atoms. The number of anilines is 2. The van der Waals surface area contributed by atoms with E-state index in [4.69, 9.17) is 21.1 Å². The average Bonchev–Trinajstić information content (AvgIpc) is 3.14. The molecule has 178 valence electrons. The maximum Gasteiger partial charge on any atom is 0.282 e. The number of para-hydroxylation sites is 1. The minimum Gasteiger partial charge on any atom is -0.493 e. The minimum atomic E-state index is -0.524. The third-order valence-corrected chi connectivity index (χ3v) is 5.91. The molecule has 0 spiro atoms. The Morgan fingerprint density at radius 2 is 1.80 bits per heavy atom. The van der Waals surface area contributed by atoms with Crippen molar-refractivity contribution in [2.24, 2.45) is 0 Å². The van der Waals surface area contributed by atoms with Crippen LogP contribution in [-0.4, -0.2) is 31.4 Å². The number of hydrazine groups is 1. The zero-order valence-corrected chi connectivity index (χ0v) is 20.7. The molecule has 3 amide bonds. The molecule has 1 fully saturated rings. The molecular formula is C25H19BrClN3O5. The Kier molecular flexibility index (Phi) is 7.38. The molecule has 0 saturated carbocycles. The standard InChI is InChI=1S/C25H19BrClN3O5/c1-34-21-12-15(11-19-24(32)29-30(25(19)33)18-5-3-2-4-6-18)20(26)13-22(21)35-14-23(31)28-17-9-7-16(27)8-10-17/h2-13H,14H2,1H3,(H,28,31)(H,29,32)/b19-11-. The fourth-order valence-electron chi connectivity index (χ4n) is 3.28. The Bertz CT molecular complexity index is 1310. The van der Waals surface area contributed by atoms with Crippen LogP contribution < -0.4 is 25.2 Å². The third-order valence-electron chi connectivity index (χ3n) is 4.98. The number of nitrogens with zero attached hydrogens (tertiary/aromatic N) is 1. The number of ether oxygens (including phenoxy) is 2. The van der Waals surface area contributed by atoms with Gasteiger partial charge >= 0.3 is 0 Å². The van der Waals surface area contributed by atoms with Gasteiger partial charge in [0.25, 0.3) is 17.7 Å². The minimum absolute atomic E-state index is 0.0346. The van der Waals surface area contributed by atoms with Gasteiger partial charge in [-0.3, -0.25) is 19.8 Å². The number of nitrogens with one attached hydrogen (secondary N) is 2. The monoisotopic (exact) mass is 555 g/mol. The maximum atomic E-state index is 12.9. The summed E-state index contributed by atoms with van der Waals surface area (Å²) in [6.45, 7) is -0.265. The molecule has 0 aliphatic carbocycles. The van der Waals surface area contributed by atoms with Crippen LogP contribution in [0.3, 0.4) is 0 Å². The molecule has 35 heavy (non-hydrogen) atoms. The van der Waals surface area contributed by atoms with Gasteiger partial charge in [-0.1, -0.05) is 45.7 Å². The highest BCUT2D eigenvalue weighted by atomic mass is 79.9. The van der Waals surface area contributed by atoms with E-state index in [1.54, 1.807) is 60.7 Å². The summed E-state index contributed by atoms with van der Waals surface area (Å²) in [4.78, 5) is 37.6. The van der Waals surface area contributed by atoms with E-state index in [1.807, 2.05) is 6.07 Å². The number of benzene rings is 3. The summed E-state index contributed by atoms with van der Waals surface area (Å²) in [5.74, 6) is -0.743. The Balaban J connectivity index is 1.50. The predicted octanol–water partition coefficient (Wildman–Crippen LogP) is 4.59. The van der Waals surface area contributed by atoms with E-state index in [0.29, 0.717) is 37.9 Å². The first kappa shape index (κ1) is 24.3. The van der Waals surface area contributed by atoms with Gasteiger partial charge in [-0.05, 0) is 60.2 Å². The number of hydrogen-bond donors (Lipinski definition) is 2. The molecule has 2 N–H and O–H groups in total. The lowest BCUT2D eigenvalue weighted by Gasteiger charge is -2.14. The number of amides is 3. The van der Waals surface area contributed by atoms with E-state index in [2.05, 4.69) is 26.7 Å². The molecule has 1 aliphatic heterocycles. The number of carbonyl (C=O) groups excluding carboxylic acids is 3. The Labute approximate surface area is 214 Å². The molecule has 1 heterocycles. The highest BCUT2D eigenvalue weighted by Crippen LogP contribution is 2.35. The Morgan fingerprint density at radius 3 is 2.49 bits per heavy atom. The van der Waals surface area contributed by atoms with Crippen molar-refractivity contribution >= 4 is 62.7 Å². The van der Waals surface area contributed by atoms with Crippen LogP contribution in [-0.2, 0) is 14.4 Å². The number of rotatable bonds is 7. The summed E-state index contributed by atoms with van der Waals surface area (Å²) >= 11 is 9.29. The maximum absolute atomic E-state index is 12.9. The summed E-state index contributed by atoms with van der Waals surface area (Å²) in [6, 6.07) is 18.7. The average molecular weight is 557 g/mol. The van der Waals surface area contributed by atoms with Crippen LogP contribution in [0.5, 0.6) is 11.5 Å². The van der Waals surface area contributed by atoms with E-state index in [9.17, 15) is 14.4 Å². The van der Waals surface area contributed by atoms with Crippen molar-refractivity contribution in [2.75, 3.05) is 24.0 Å². The first-order valence-corrected chi connectivity index (χ1v) is 11.5. The number of methoxy groups -OCH3 is 1. The van der Waals surface area contributed by atoms with Crippen molar-refractivity contribution in [1.29, 1.82) is 0 Å². The van der Waals surface area contributed by atoms with Crippen LogP contribution in [0.2, 0.25) is 5.02 Å². The fourth-order valence-corrected chi connectivity index (χ4v) is 3.84. The van der Waals surface area contributed by atoms with Gasteiger partial charge < -0.3 is 14.8 Å². The van der Waals surface area contributed by atoms with Crippen molar-refractivity contribution in [3.8, 4) is 11.5 Å². The normalized spacial score (nSPS) is 14.1. The quantitative estimate of drug-likeness (QED) is 0.328. The molecule has 3 aromatic carbocycles. The van der Waals surface area contributed by atoms with Gasteiger partial charge in [-0.15, -0.1) is 0 Å². The predicted molar refractivity (Wildman–Crippen MR) is 136 cm³/mol. The van der Waals surface area contributed by atoms with Crippen molar-refractivity contribution in [1.82, 2.24) is 5.43 Å². The van der Waals surface area contributed by atoms with Crippen molar-refractivity contribution in [2.45, 2.75) is 0 Å². The van der Waals surface area contributed by atoms with Crippen molar-refractivity contribution in [3.05, 3.63) is 87.4 Å². The lowest BCUT2D eigenvalue weighted by Crippen LogP contribution is -2.35. The largest absolute Gasteiger partial charge is 0.493 e. The molecule has 4 rings (SSSR count). The van der Waals surface area contributed by atoms with Crippen LogP contribution in [0, 0.1) is 0 Å². The van der Waals surface area contributed by atoms with Crippen LogP contribution in [0.4, 0.5) is 11.4 Å². The summed E-state index contributed by atoms with van der Waals surface area (Å²) in [6.07, 6.45) is 1.46. The zero-order valence-electron chi connectivity index (χ0n) is 18.4. The lowest BCUT2D eigenvalue weighted by molar-refractivity contribution is -0.118. The summed E-state index contributed by atoms with van der Waals surface area (Å²) in [5.41, 5.74) is 4.18. The number of carbonyl (C=O) groups is 3. The molecule has 8 nitrogen and oxygen atoms in total. The van der Waals surface area contributed by atoms with E-state index < -0.39 is 11.8 Å². The van der Waals surface area contributed by atoms with Gasteiger partial charge in [0.15, 0.2) is 18.1 Å². The van der Waals surface area contributed by atoms with Crippen LogP contribution in [0.25, 0.3) is 6.08 Å². The first-order chi connectivity index (χ1) is 16.9. The fraction of sp³-hybridized carbons (Fsp3) is 0.0800. The highest BCUT2D eigenvalue weighted by Gasteiger charge is 2.34. The van der Waals surface area contributed by atoms with Crippen molar-refractivity contribution < 1.29 is 23.9 Å². The van der Waals surface area contributed by atoms with Gasteiger partial charge in [0, 0.05) is 15.2 Å². The SMILES string of the molecule is COc1cc(/C=C2/C(=O)NN(c3ccccc3)C2=O)c(Br)cc1OCC(=O)Nc1ccc(Cl)cc1. The molecule has 0 unspecified atom stereocenters. The summed E-state index contributed by atoms with van der Waals surface area (Å²) in [5, 5.41) is 4.46. The molecule has 0 atom stereocenters. The molecule has 1 saturated heterocycles. The lowest BCUT2D eigenvalue weighted by atomic mass is 10.1. The number of hydrogen-bond acceptors (Lipinski definition) is 5.